The van der Waals surface area contributed by atoms with Gasteiger partial charge >= 0.3 is 0 Å². The van der Waals surface area contributed by atoms with Crippen LogP contribution in [-0.4, -0.2) is 4.98 Å². The average Bonchev–Trinajstić information content (AvgIpc) is 2.64. The van der Waals surface area contributed by atoms with Crippen LogP contribution in [0, 0.1) is 17.1 Å². The second-order valence-corrected chi connectivity index (χ2v) is 6.41. The fraction of sp³-hybridized carbons (Fsp3) is 0.143. The lowest BCUT2D eigenvalue weighted by Gasteiger charge is -2.11. The third kappa shape index (κ3) is 3.54. The molecule has 0 saturated carbocycles. The lowest BCUT2D eigenvalue weighted by Crippen LogP contribution is -2.00. The molecule has 0 spiro atoms. The molecule has 2 N–H and O–H groups in total. The predicted octanol–water partition coefficient (Wildman–Crippen LogP) is 5.61. The second-order valence-electron chi connectivity index (χ2n) is 6.00. The molecule has 0 radical (unpaired) electrons. The summed E-state index contributed by atoms with van der Waals surface area (Å²) in [6.45, 7) is 2.13. The number of aryl methyl sites for hydroxylation is 1. The first kappa shape index (κ1) is 17.9. The van der Waals surface area contributed by atoms with E-state index in [9.17, 15) is 9.65 Å². The average molecular weight is 366 g/mol. The van der Waals surface area contributed by atoms with Gasteiger partial charge in [0.2, 0.25) is 0 Å². The van der Waals surface area contributed by atoms with Crippen molar-refractivity contribution in [3.63, 3.8) is 0 Å². The Kier molecular flexibility index (Phi) is 5.20. The van der Waals surface area contributed by atoms with Crippen molar-refractivity contribution < 1.29 is 4.39 Å². The number of hydrogen-bond donors (Lipinski definition) is 1. The van der Waals surface area contributed by atoms with E-state index in [4.69, 9.17) is 17.3 Å². The molecule has 0 fully saturated rings. The normalized spacial score (nSPS) is 10.5. The predicted molar refractivity (Wildman–Crippen MR) is 103 cm³/mol. The van der Waals surface area contributed by atoms with E-state index in [1.165, 1.54) is 17.7 Å². The lowest BCUT2D eigenvalue weighted by atomic mass is 9.98. The Morgan fingerprint density at radius 3 is 2.42 bits per heavy atom. The van der Waals surface area contributed by atoms with Gasteiger partial charge in [0.15, 0.2) is 0 Å². The summed E-state index contributed by atoms with van der Waals surface area (Å²) in [6, 6.07) is 16.3. The van der Waals surface area contributed by atoms with Crippen LogP contribution in [0.4, 0.5) is 10.2 Å². The summed E-state index contributed by atoms with van der Waals surface area (Å²) in [6.07, 6.45) is 2.09. The number of anilines is 1. The Balaban J connectivity index is 2.12. The molecule has 5 heteroatoms. The number of aromatic nitrogens is 1. The highest BCUT2D eigenvalue weighted by Gasteiger charge is 2.14. The number of rotatable bonds is 4. The Hall–Kier alpha value is -2.90. The minimum Gasteiger partial charge on any atom is -0.383 e. The summed E-state index contributed by atoms with van der Waals surface area (Å²) in [7, 11) is 0. The maximum atomic E-state index is 13.9. The summed E-state index contributed by atoms with van der Waals surface area (Å²) >= 11 is 5.76. The third-order valence-electron chi connectivity index (χ3n) is 4.18. The summed E-state index contributed by atoms with van der Waals surface area (Å²) in [5, 5.41) is 9.48. The SMILES string of the molecule is CCCc1ccc(-c2cc(-c3ccc(Cl)c(F)c3)c(C#N)c(N)n2)cc1. The summed E-state index contributed by atoms with van der Waals surface area (Å²) < 4.78 is 13.9. The molecular formula is C21H17ClFN3. The van der Waals surface area contributed by atoms with Crippen LogP contribution in [0.15, 0.2) is 48.5 Å². The summed E-state index contributed by atoms with van der Waals surface area (Å²) in [5.74, 6) is -0.429. The van der Waals surface area contributed by atoms with E-state index in [2.05, 4.69) is 30.1 Å². The molecule has 1 heterocycles. The smallest absolute Gasteiger partial charge is 0.142 e. The van der Waals surface area contributed by atoms with Crippen molar-refractivity contribution in [1.82, 2.24) is 4.98 Å². The third-order valence-corrected chi connectivity index (χ3v) is 4.48. The summed E-state index contributed by atoms with van der Waals surface area (Å²) in [4.78, 5) is 4.35. The number of nitrogen functional groups attached to an aromatic ring is 1. The minimum atomic E-state index is -0.547. The van der Waals surface area contributed by atoms with Crippen LogP contribution in [0.2, 0.25) is 5.02 Å². The van der Waals surface area contributed by atoms with E-state index in [0.29, 0.717) is 16.8 Å². The van der Waals surface area contributed by atoms with E-state index in [-0.39, 0.29) is 16.4 Å². The molecule has 26 heavy (non-hydrogen) atoms. The molecule has 0 aliphatic rings. The first-order valence-corrected chi connectivity index (χ1v) is 8.66. The zero-order chi connectivity index (χ0) is 18.7. The minimum absolute atomic E-state index is 0.0287. The first-order valence-electron chi connectivity index (χ1n) is 8.28. The fourth-order valence-corrected chi connectivity index (χ4v) is 2.97. The number of halogens is 2. The molecule has 1 aromatic heterocycles. The molecular weight excluding hydrogens is 349 g/mol. The number of nitrogens with two attached hydrogens (primary N) is 1. The first-order chi connectivity index (χ1) is 12.5. The molecule has 0 aliphatic heterocycles. The van der Waals surface area contributed by atoms with E-state index >= 15 is 0 Å². The monoisotopic (exact) mass is 365 g/mol. The van der Waals surface area contributed by atoms with Gasteiger partial charge in [-0.3, -0.25) is 0 Å². The molecule has 0 aliphatic carbocycles. The van der Waals surface area contributed by atoms with Gasteiger partial charge in [-0.05, 0) is 35.7 Å². The topological polar surface area (TPSA) is 62.7 Å². The van der Waals surface area contributed by atoms with Crippen LogP contribution >= 0.6 is 11.6 Å². The quantitative estimate of drug-likeness (QED) is 0.653. The highest BCUT2D eigenvalue weighted by Crippen LogP contribution is 2.32. The zero-order valence-electron chi connectivity index (χ0n) is 14.3. The van der Waals surface area contributed by atoms with Crippen molar-refractivity contribution in [2.75, 3.05) is 5.73 Å². The van der Waals surface area contributed by atoms with E-state index in [0.717, 1.165) is 18.4 Å². The molecule has 0 unspecified atom stereocenters. The van der Waals surface area contributed by atoms with E-state index in [1.807, 2.05) is 12.1 Å². The number of hydrogen-bond acceptors (Lipinski definition) is 3. The lowest BCUT2D eigenvalue weighted by molar-refractivity contribution is 0.629. The number of nitriles is 1. The van der Waals surface area contributed by atoms with Gasteiger partial charge in [-0.15, -0.1) is 0 Å². The zero-order valence-corrected chi connectivity index (χ0v) is 15.0. The molecule has 3 aromatic rings. The van der Waals surface area contributed by atoms with Crippen molar-refractivity contribution in [2.45, 2.75) is 19.8 Å². The van der Waals surface area contributed by atoms with Gasteiger partial charge < -0.3 is 5.73 Å². The van der Waals surface area contributed by atoms with Gasteiger partial charge in [-0.1, -0.05) is 55.3 Å². The van der Waals surface area contributed by atoms with Gasteiger partial charge in [-0.25, -0.2) is 9.37 Å². The number of benzene rings is 2. The van der Waals surface area contributed by atoms with Gasteiger partial charge in [0.25, 0.3) is 0 Å². The largest absolute Gasteiger partial charge is 0.383 e. The van der Waals surface area contributed by atoms with Crippen LogP contribution < -0.4 is 5.73 Å². The Bertz CT molecular complexity index is 991. The second kappa shape index (κ2) is 7.55. The maximum Gasteiger partial charge on any atom is 0.142 e. The van der Waals surface area contributed by atoms with Gasteiger partial charge in [-0.2, -0.15) is 5.26 Å². The Morgan fingerprint density at radius 1 is 1.12 bits per heavy atom. The van der Waals surface area contributed by atoms with Crippen molar-refractivity contribution in [3.8, 4) is 28.5 Å². The Morgan fingerprint density at radius 2 is 1.81 bits per heavy atom. The van der Waals surface area contributed by atoms with Crippen molar-refractivity contribution in [2.24, 2.45) is 0 Å². The molecule has 0 atom stereocenters. The van der Waals surface area contributed by atoms with Gasteiger partial charge in [0.1, 0.15) is 23.3 Å². The van der Waals surface area contributed by atoms with E-state index in [1.54, 1.807) is 12.1 Å². The molecule has 0 saturated heterocycles. The van der Waals surface area contributed by atoms with E-state index < -0.39 is 5.82 Å². The molecule has 3 nitrogen and oxygen atoms in total. The van der Waals surface area contributed by atoms with Crippen LogP contribution in [0.25, 0.3) is 22.4 Å². The molecule has 0 amide bonds. The van der Waals surface area contributed by atoms with Crippen molar-refractivity contribution >= 4 is 17.4 Å². The van der Waals surface area contributed by atoms with Crippen LogP contribution in [0.1, 0.15) is 24.5 Å². The van der Waals surface area contributed by atoms with Gasteiger partial charge in [0, 0.05) is 11.1 Å². The van der Waals surface area contributed by atoms with Gasteiger partial charge in [0.05, 0.1) is 10.7 Å². The highest BCUT2D eigenvalue weighted by atomic mass is 35.5. The molecule has 130 valence electrons. The van der Waals surface area contributed by atoms with Crippen LogP contribution in [0.5, 0.6) is 0 Å². The van der Waals surface area contributed by atoms with Crippen molar-refractivity contribution in [3.05, 3.63) is 70.5 Å². The molecule has 3 rings (SSSR count). The number of nitrogens with zero attached hydrogens (tertiary/aromatic N) is 2. The van der Waals surface area contributed by atoms with Crippen molar-refractivity contribution in [1.29, 1.82) is 5.26 Å². The molecule has 0 bridgehead atoms. The number of pyridine rings is 1. The summed E-state index contributed by atoms with van der Waals surface area (Å²) in [5.41, 5.74) is 10.0. The van der Waals surface area contributed by atoms with Crippen LogP contribution in [-0.2, 0) is 6.42 Å². The highest BCUT2D eigenvalue weighted by molar-refractivity contribution is 6.30. The fourth-order valence-electron chi connectivity index (χ4n) is 2.85. The standard InChI is InChI=1S/C21H17ClFN3/c1-2-3-13-4-6-14(7-5-13)20-11-16(17(12-24)21(25)26-20)15-8-9-18(22)19(23)10-15/h4-11H,2-3H2,1H3,(H2,25,26). The molecule has 2 aromatic carbocycles. The Labute approximate surface area is 156 Å². The maximum absolute atomic E-state index is 13.9. The van der Waals surface area contributed by atoms with Crippen LogP contribution in [0.3, 0.4) is 0 Å².